The zero-order valence-corrected chi connectivity index (χ0v) is 16.3. The predicted octanol–water partition coefficient (Wildman–Crippen LogP) is 4.95. The minimum Gasteiger partial charge on any atom is -0.360 e. The molecule has 0 saturated heterocycles. The molecule has 1 aromatic carbocycles. The predicted molar refractivity (Wildman–Crippen MR) is 105 cm³/mol. The van der Waals surface area contributed by atoms with Crippen LogP contribution >= 0.6 is 23.4 Å². The molecule has 0 saturated carbocycles. The normalized spacial score (nSPS) is 11.0. The van der Waals surface area contributed by atoms with Crippen molar-refractivity contribution < 1.29 is 4.52 Å². The van der Waals surface area contributed by atoms with Crippen molar-refractivity contribution in [1.29, 1.82) is 0 Å². The molecule has 0 fully saturated rings. The van der Waals surface area contributed by atoms with Crippen molar-refractivity contribution in [2.45, 2.75) is 44.0 Å². The Kier molecular flexibility index (Phi) is 6.16. The minimum atomic E-state index is -0.205. The molecular weight excluding hydrogens is 370 g/mol. The van der Waals surface area contributed by atoms with Gasteiger partial charge in [-0.05, 0) is 31.0 Å². The number of thioether (sulfide) groups is 1. The average molecular weight is 390 g/mol. The maximum absolute atomic E-state index is 12.1. The largest absolute Gasteiger partial charge is 0.360 e. The van der Waals surface area contributed by atoms with Gasteiger partial charge in [0.1, 0.15) is 16.5 Å². The summed E-state index contributed by atoms with van der Waals surface area (Å²) in [6, 6.07) is 9.36. The third kappa shape index (κ3) is 4.56. The van der Waals surface area contributed by atoms with Gasteiger partial charge in [-0.3, -0.25) is 4.57 Å². The van der Waals surface area contributed by atoms with Crippen molar-refractivity contribution >= 4 is 23.4 Å². The molecular formula is C19H20ClN3O2S. The molecule has 0 aliphatic heterocycles. The molecule has 5 nitrogen and oxygen atoms in total. The van der Waals surface area contributed by atoms with Crippen molar-refractivity contribution in [1.82, 2.24) is 14.7 Å². The maximum atomic E-state index is 12.1. The number of aryl methyl sites for hydroxylation is 2. The molecule has 0 N–H and O–H groups in total. The summed E-state index contributed by atoms with van der Waals surface area (Å²) in [6.07, 6.45) is 3.89. The number of nitrogens with zero attached hydrogens (tertiary/aromatic N) is 3. The molecule has 2 heterocycles. The Bertz CT molecular complexity index is 952. The first-order chi connectivity index (χ1) is 12.6. The molecule has 3 rings (SSSR count). The van der Waals surface area contributed by atoms with E-state index in [2.05, 4.69) is 17.1 Å². The fourth-order valence-corrected chi connectivity index (χ4v) is 3.55. The molecule has 136 valence electrons. The fourth-order valence-electron chi connectivity index (χ4n) is 2.52. The van der Waals surface area contributed by atoms with Crippen molar-refractivity contribution in [3.05, 3.63) is 63.4 Å². The van der Waals surface area contributed by atoms with E-state index in [0.29, 0.717) is 17.3 Å². The van der Waals surface area contributed by atoms with Crippen LogP contribution in [0.4, 0.5) is 0 Å². The zero-order chi connectivity index (χ0) is 18.5. The third-order valence-corrected chi connectivity index (χ3v) is 5.26. The van der Waals surface area contributed by atoms with Crippen molar-refractivity contribution in [3.8, 4) is 11.3 Å². The summed E-state index contributed by atoms with van der Waals surface area (Å²) in [5, 5.41) is 5.48. The van der Waals surface area contributed by atoms with E-state index >= 15 is 0 Å². The topological polar surface area (TPSA) is 60.9 Å². The van der Waals surface area contributed by atoms with E-state index in [1.54, 1.807) is 4.57 Å². The molecule has 0 aliphatic rings. The molecule has 0 unspecified atom stereocenters. The monoisotopic (exact) mass is 389 g/mol. The first-order valence-electron chi connectivity index (χ1n) is 8.49. The first-order valence-corrected chi connectivity index (χ1v) is 9.85. The van der Waals surface area contributed by atoms with Crippen LogP contribution in [-0.2, 0) is 12.3 Å². The number of benzene rings is 1. The van der Waals surface area contributed by atoms with Crippen LogP contribution in [0.25, 0.3) is 11.3 Å². The molecule has 0 atom stereocenters. The lowest BCUT2D eigenvalue weighted by Crippen LogP contribution is -2.23. The van der Waals surface area contributed by atoms with Gasteiger partial charge in [0.25, 0.3) is 0 Å². The Morgan fingerprint density at radius 2 is 2.15 bits per heavy atom. The van der Waals surface area contributed by atoms with Gasteiger partial charge in [-0.2, -0.15) is 4.98 Å². The Balaban J connectivity index is 1.70. The molecule has 2 aromatic heterocycles. The molecule has 0 bridgehead atoms. The second-order valence-corrected chi connectivity index (χ2v) is 7.44. The second-order valence-electron chi connectivity index (χ2n) is 6.04. The average Bonchev–Trinajstić information content (AvgIpc) is 3.10. The van der Waals surface area contributed by atoms with Gasteiger partial charge in [0, 0.05) is 29.4 Å². The highest BCUT2D eigenvalue weighted by molar-refractivity contribution is 7.98. The lowest BCUT2D eigenvalue weighted by molar-refractivity contribution is 0.397. The highest BCUT2D eigenvalue weighted by atomic mass is 35.5. The van der Waals surface area contributed by atoms with E-state index < -0.39 is 0 Å². The lowest BCUT2D eigenvalue weighted by atomic mass is 10.1. The summed E-state index contributed by atoms with van der Waals surface area (Å²) >= 11 is 7.49. The molecule has 7 heteroatoms. The van der Waals surface area contributed by atoms with Gasteiger partial charge < -0.3 is 4.52 Å². The summed E-state index contributed by atoms with van der Waals surface area (Å²) < 4.78 is 7.08. The molecule has 3 aromatic rings. The standard InChI is InChI=1S/C19H20ClN3O2S/c1-3-4-8-23-11-13(2)18(21-19(23)24)26-12-16-10-17(22-25-16)14-6-5-7-15(20)9-14/h5-7,9-11H,3-4,8,12H2,1-2H3. The summed E-state index contributed by atoms with van der Waals surface area (Å²) in [5.41, 5.74) is 2.43. The second kappa shape index (κ2) is 8.56. The summed E-state index contributed by atoms with van der Waals surface area (Å²) in [6.45, 7) is 4.78. The van der Waals surface area contributed by atoms with Crippen LogP contribution in [0, 0.1) is 6.92 Å². The number of rotatable bonds is 7. The Hall–Kier alpha value is -2.05. The van der Waals surface area contributed by atoms with Crippen LogP contribution in [0.15, 0.2) is 50.9 Å². The van der Waals surface area contributed by atoms with Crippen LogP contribution in [-0.4, -0.2) is 14.7 Å². The number of aromatic nitrogens is 3. The van der Waals surface area contributed by atoms with Gasteiger partial charge in [0.2, 0.25) is 0 Å². The van der Waals surface area contributed by atoms with Crippen LogP contribution in [0.3, 0.4) is 0 Å². The van der Waals surface area contributed by atoms with Gasteiger partial charge in [0.05, 0.1) is 5.75 Å². The Morgan fingerprint density at radius 3 is 2.92 bits per heavy atom. The van der Waals surface area contributed by atoms with E-state index in [4.69, 9.17) is 16.1 Å². The van der Waals surface area contributed by atoms with E-state index in [1.807, 2.05) is 43.5 Å². The summed E-state index contributed by atoms with van der Waals surface area (Å²) in [5.74, 6) is 1.28. The highest BCUT2D eigenvalue weighted by Crippen LogP contribution is 2.27. The van der Waals surface area contributed by atoms with E-state index in [9.17, 15) is 4.79 Å². The van der Waals surface area contributed by atoms with Gasteiger partial charge in [-0.1, -0.05) is 54.0 Å². The van der Waals surface area contributed by atoms with Crippen molar-refractivity contribution in [3.63, 3.8) is 0 Å². The maximum Gasteiger partial charge on any atom is 0.348 e. The molecule has 0 radical (unpaired) electrons. The SMILES string of the molecule is CCCCn1cc(C)c(SCc2cc(-c3cccc(Cl)c3)no2)nc1=O. The highest BCUT2D eigenvalue weighted by Gasteiger charge is 2.11. The van der Waals surface area contributed by atoms with E-state index in [0.717, 1.165) is 40.4 Å². The number of hydrogen-bond acceptors (Lipinski definition) is 5. The first kappa shape index (κ1) is 18.7. The van der Waals surface area contributed by atoms with E-state index in [1.165, 1.54) is 11.8 Å². The molecule has 26 heavy (non-hydrogen) atoms. The summed E-state index contributed by atoms with van der Waals surface area (Å²) in [7, 11) is 0. The van der Waals surface area contributed by atoms with Gasteiger partial charge in [0.15, 0.2) is 0 Å². The van der Waals surface area contributed by atoms with Crippen LogP contribution < -0.4 is 5.69 Å². The van der Waals surface area contributed by atoms with E-state index in [-0.39, 0.29) is 5.69 Å². The van der Waals surface area contributed by atoms with Crippen LogP contribution in [0.1, 0.15) is 31.1 Å². The van der Waals surface area contributed by atoms with Gasteiger partial charge >= 0.3 is 5.69 Å². The smallest absolute Gasteiger partial charge is 0.348 e. The van der Waals surface area contributed by atoms with Crippen molar-refractivity contribution in [2.75, 3.05) is 0 Å². The lowest BCUT2D eigenvalue weighted by Gasteiger charge is -2.08. The Labute approximate surface area is 161 Å². The van der Waals surface area contributed by atoms with Crippen molar-refractivity contribution in [2.24, 2.45) is 0 Å². The van der Waals surface area contributed by atoms with Gasteiger partial charge in [-0.25, -0.2) is 4.79 Å². The Morgan fingerprint density at radius 1 is 1.31 bits per heavy atom. The zero-order valence-electron chi connectivity index (χ0n) is 14.7. The fraction of sp³-hybridized carbons (Fsp3) is 0.316. The number of hydrogen-bond donors (Lipinski definition) is 0. The van der Waals surface area contributed by atoms with Crippen LogP contribution in [0.2, 0.25) is 5.02 Å². The van der Waals surface area contributed by atoms with Crippen LogP contribution in [0.5, 0.6) is 0 Å². The van der Waals surface area contributed by atoms with Gasteiger partial charge in [-0.15, -0.1) is 0 Å². The number of halogens is 1. The third-order valence-electron chi connectivity index (χ3n) is 3.91. The minimum absolute atomic E-state index is 0.205. The molecule has 0 amide bonds. The molecule has 0 aliphatic carbocycles. The number of unbranched alkanes of at least 4 members (excludes halogenated alkanes) is 1. The molecule has 0 spiro atoms. The quantitative estimate of drug-likeness (QED) is 0.422. The summed E-state index contributed by atoms with van der Waals surface area (Å²) in [4.78, 5) is 16.3.